The summed E-state index contributed by atoms with van der Waals surface area (Å²) in [6.07, 6.45) is -3.44. The van der Waals surface area contributed by atoms with Crippen LogP contribution in [0.3, 0.4) is 0 Å². The van der Waals surface area contributed by atoms with Crippen molar-refractivity contribution in [2.24, 2.45) is 0 Å². The van der Waals surface area contributed by atoms with Crippen LogP contribution in [0.5, 0.6) is 6.01 Å². The molecule has 0 bridgehead atoms. The quantitative estimate of drug-likeness (QED) is 0.249. The number of nitrogens with zero attached hydrogens (tertiary/aromatic N) is 8. The van der Waals surface area contributed by atoms with Gasteiger partial charge < -0.3 is 30.5 Å². The lowest BCUT2D eigenvalue weighted by Crippen LogP contribution is -2.29. The fourth-order valence-electron chi connectivity index (χ4n) is 4.07. The first-order chi connectivity index (χ1) is 17.0. The fraction of sp³-hybridized carbons (Fsp3) is 0.429. The molecule has 2 unspecified atom stereocenters. The van der Waals surface area contributed by atoms with E-state index in [4.69, 9.17) is 15.2 Å². The molecule has 184 valence electrons. The topological polar surface area (TPSA) is 192 Å². The van der Waals surface area contributed by atoms with E-state index in [1.165, 1.54) is 15.6 Å². The summed E-state index contributed by atoms with van der Waals surface area (Å²) in [5, 5.41) is 42.7. The van der Waals surface area contributed by atoms with Gasteiger partial charge in [-0.2, -0.15) is 9.97 Å². The third-order valence-electron chi connectivity index (χ3n) is 5.84. The van der Waals surface area contributed by atoms with Gasteiger partial charge in [0.2, 0.25) is 0 Å². The number of ether oxygens (including phenoxy) is 2. The maximum absolute atomic E-state index is 10.8. The van der Waals surface area contributed by atoms with Gasteiger partial charge in [0.1, 0.15) is 24.4 Å². The smallest absolute Gasteiger partial charge is 0.320 e. The van der Waals surface area contributed by atoms with Gasteiger partial charge in [-0.1, -0.05) is 30.3 Å². The third-order valence-corrected chi connectivity index (χ3v) is 5.84. The lowest BCUT2D eigenvalue weighted by Gasteiger charge is -2.18. The van der Waals surface area contributed by atoms with Crippen LogP contribution in [0.25, 0.3) is 11.2 Å². The molecule has 5 N–H and O–H groups in total. The van der Waals surface area contributed by atoms with Gasteiger partial charge >= 0.3 is 6.01 Å². The van der Waals surface area contributed by atoms with Crippen molar-refractivity contribution in [2.75, 3.05) is 12.3 Å². The summed E-state index contributed by atoms with van der Waals surface area (Å²) in [6, 6.07) is 9.49. The molecule has 35 heavy (non-hydrogen) atoms. The number of hydrogen-bond donors (Lipinski definition) is 4. The first-order valence-electron chi connectivity index (χ1n) is 11.1. The SMILES string of the molecule is CCn1nnnc1[C@H]1O[C@@H](n2cnc3c(N)nc(O[C@H](CO)Cc4ccccc4)nc32)C(O)C1O. The normalized spacial score (nSPS) is 23.1. The van der Waals surface area contributed by atoms with Gasteiger partial charge in [-0.25, -0.2) is 9.67 Å². The number of imidazole rings is 1. The zero-order valence-electron chi connectivity index (χ0n) is 18.8. The van der Waals surface area contributed by atoms with Crippen molar-refractivity contribution in [3.05, 3.63) is 48.0 Å². The van der Waals surface area contributed by atoms with Crippen LogP contribution in [0.1, 0.15) is 30.6 Å². The molecule has 1 saturated heterocycles. The van der Waals surface area contributed by atoms with Crippen molar-refractivity contribution in [1.29, 1.82) is 0 Å². The van der Waals surface area contributed by atoms with Gasteiger partial charge in [0.15, 0.2) is 29.0 Å². The Bertz CT molecular complexity index is 1300. The number of benzene rings is 1. The predicted molar refractivity (Wildman–Crippen MR) is 120 cm³/mol. The van der Waals surface area contributed by atoms with Crippen LogP contribution in [0.4, 0.5) is 5.82 Å². The number of aryl methyl sites for hydroxylation is 1. The van der Waals surface area contributed by atoms with Gasteiger partial charge in [0, 0.05) is 13.0 Å². The molecule has 4 aromatic rings. The van der Waals surface area contributed by atoms with Gasteiger partial charge in [0.05, 0.1) is 12.9 Å². The highest BCUT2D eigenvalue weighted by atomic mass is 16.6. The fourth-order valence-corrected chi connectivity index (χ4v) is 4.07. The molecule has 3 aromatic heterocycles. The molecular formula is C21H25N9O5. The van der Waals surface area contributed by atoms with E-state index in [0.29, 0.717) is 13.0 Å². The highest BCUT2D eigenvalue weighted by Crippen LogP contribution is 2.39. The predicted octanol–water partition coefficient (Wildman–Crippen LogP) is -0.611. The number of anilines is 1. The molecule has 4 heterocycles. The number of fused-ring (bicyclic) bond motifs is 1. The summed E-state index contributed by atoms with van der Waals surface area (Å²) in [5.41, 5.74) is 7.57. The van der Waals surface area contributed by atoms with Crippen LogP contribution in [-0.2, 0) is 17.7 Å². The number of aliphatic hydroxyl groups excluding tert-OH is 3. The Morgan fingerprint density at radius 3 is 2.71 bits per heavy atom. The van der Waals surface area contributed by atoms with Crippen molar-refractivity contribution >= 4 is 17.0 Å². The number of rotatable bonds is 8. The number of aromatic nitrogens is 8. The van der Waals surface area contributed by atoms with E-state index in [-0.39, 0.29) is 35.4 Å². The minimum atomic E-state index is -1.33. The van der Waals surface area contributed by atoms with Crippen molar-refractivity contribution < 1.29 is 24.8 Å². The summed E-state index contributed by atoms with van der Waals surface area (Å²) in [7, 11) is 0. The lowest BCUT2D eigenvalue weighted by atomic mass is 10.1. The Morgan fingerprint density at radius 2 is 1.97 bits per heavy atom. The average Bonchev–Trinajstić information content (AvgIpc) is 3.57. The molecule has 0 aliphatic carbocycles. The Hall–Kier alpha value is -3.72. The van der Waals surface area contributed by atoms with E-state index in [2.05, 4.69) is 30.5 Å². The van der Waals surface area contributed by atoms with Crippen LogP contribution in [-0.4, -0.2) is 80.0 Å². The van der Waals surface area contributed by atoms with E-state index in [1.54, 1.807) is 0 Å². The highest BCUT2D eigenvalue weighted by Gasteiger charge is 2.47. The molecule has 1 aliphatic heterocycles. The minimum Gasteiger partial charge on any atom is -0.457 e. The van der Waals surface area contributed by atoms with Crippen LogP contribution in [0, 0.1) is 0 Å². The second kappa shape index (κ2) is 9.50. The third kappa shape index (κ3) is 4.27. The number of aliphatic hydroxyl groups is 3. The van der Waals surface area contributed by atoms with Crippen LogP contribution in [0.15, 0.2) is 36.7 Å². The molecule has 0 saturated carbocycles. The molecule has 0 spiro atoms. The van der Waals surface area contributed by atoms with Gasteiger partial charge in [0.25, 0.3) is 0 Å². The van der Waals surface area contributed by atoms with Gasteiger partial charge in [-0.05, 0) is 22.9 Å². The molecule has 0 amide bonds. The second-order valence-electron chi connectivity index (χ2n) is 8.11. The Labute approximate surface area is 199 Å². The first kappa shape index (κ1) is 23.0. The Kier molecular flexibility index (Phi) is 6.25. The summed E-state index contributed by atoms with van der Waals surface area (Å²) >= 11 is 0. The monoisotopic (exact) mass is 483 g/mol. The molecular weight excluding hydrogens is 458 g/mol. The molecule has 14 heteroatoms. The lowest BCUT2D eigenvalue weighted by molar-refractivity contribution is -0.0396. The molecule has 14 nitrogen and oxygen atoms in total. The average molecular weight is 483 g/mol. The van der Waals surface area contributed by atoms with E-state index in [1.807, 2.05) is 37.3 Å². The second-order valence-corrected chi connectivity index (χ2v) is 8.11. The van der Waals surface area contributed by atoms with Gasteiger partial charge in [-0.15, -0.1) is 5.10 Å². The molecule has 5 rings (SSSR count). The van der Waals surface area contributed by atoms with E-state index >= 15 is 0 Å². The van der Waals surface area contributed by atoms with E-state index in [0.717, 1.165) is 5.56 Å². The maximum Gasteiger partial charge on any atom is 0.320 e. The van der Waals surface area contributed by atoms with Crippen molar-refractivity contribution in [3.8, 4) is 6.01 Å². The highest BCUT2D eigenvalue weighted by molar-refractivity contribution is 5.82. The van der Waals surface area contributed by atoms with E-state index < -0.39 is 30.6 Å². The van der Waals surface area contributed by atoms with Crippen LogP contribution >= 0.6 is 0 Å². The van der Waals surface area contributed by atoms with Crippen molar-refractivity contribution in [3.63, 3.8) is 0 Å². The summed E-state index contributed by atoms with van der Waals surface area (Å²) in [5.74, 6) is 0.343. The summed E-state index contributed by atoms with van der Waals surface area (Å²) in [6.45, 7) is 2.04. The number of nitrogen functional groups attached to an aromatic ring is 1. The molecule has 0 radical (unpaired) electrons. The van der Waals surface area contributed by atoms with E-state index in [9.17, 15) is 15.3 Å². The van der Waals surface area contributed by atoms with Crippen molar-refractivity contribution in [2.45, 2.75) is 50.5 Å². The first-order valence-corrected chi connectivity index (χ1v) is 11.1. The maximum atomic E-state index is 10.8. The number of tetrazole rings is 1. The molecule has 5 atom stereocenters. The molecule has 1 aliphatic rings. The standard InChI is InChI=1S/C21H25N9O5/c1-2-30-19(26-27-28-30)16-14(32)15(33)20(35-16)29-10-23-13-17(22)24-21(25-18(13)29)34-12(9-31)8-11-6-4-3-5-7-11/h3-7,10,12,14-16,20,31-33H,2,8-9H2,1H3,(H2,22,24,25)/t12-,14?,15?,16-,20+/m0/s1. The largest absolute Gasteiger partial charge is 0.457 e. The van der Waals surface area contributed by atoms with Crippen LogP contribution in [0.2, 0.25) is 0 Å². The van der Waals surface area contributed by atoms with Crippen LogP contribution < -0.4 is 10.5 Å². The summed E-state index contributed by atoms with van der Waals surface area (Å²) in [4.78, 5) is 12.8. The Morgan fingerprint density at radius 1 is 1.17 bits per heavy atom. The van der Waals surface area contributed by atoms with Crippen molar-refractivity contribution in [1.82, 2.24) is 39.7 Å². The minimum absolute atomic E-state index is 0.0552. The number of nitrogens with two attached hydrogens (primary N) is 1. The molecule has 1 aromatic carbocycles. The number of hydrogen-bond acceptors (Lipinski definition) is 12. The summed E-state index contributed by atoms with van der Waals surface area (Å²) < 4.78 is 14.7. The van der Waals surface area contributed by atoms with Gasteiger partial charge in [-0.3, -0.25) is 4.57 Å². The zero-order chi connectivity index (χ0) is 24.5. The molecule has 1 fully saturated rings. The zero-order valence-corrected chi connectivity index (χ0v) is 18.8. The Balaban J connectivity index is 1.43.